The van der Waals surface area contributed by atoms with Crippen molar-refractivity contribution in [2.24, 2.45) is 0 Å². The molecule has 2 aromatic heterocycles. The van der Waals surface area contributed by atoms with Gasteiger partial charge in [0.05, 0.1) is 6.54 Å². The van der Waals surface area contributed by atoms with Gasteiger partial charge in [-0.25, -0.2) is 4.98 Å². The van der Waals surface area contributed by atoms with Gasteiger partial charge in [-0.2, -0.15) is 5.10 Å². The predicted octanol–water partition coefficient (Wildman–Crippen LogP) is 1.60. The van der Waals surface area contributed by atoms with Crippen LogP contribution in [0.3, 0.4) is 0 Å². The van der Waals surface area contributed by atoms with Crippen molar-refractivity contribution >= 4 is 5.91 Å². The summed E-state index contributed by atoms with van der Waals surface area (Å²) in [7, 11) is 0. The third-order valence-electron chi connectivity index (χ3n) is 4.84. The minimum atomic E-state index is -0.0908. The number of nitrogens with one attached hydrogen (secondary N) is 1. The van der Waals surface area contributed by atoms with Gasteiger partial charge in [0.15, 0.2) is 0 Å². The molecule has 8 heteroatoms. The van der Waals surface area contributed by atoms with Crippen LogP contribution in [0.1, 0.15) is 47.5 Å². The van der Waals surface area contributed by atoms with Crippen LogP contribution in [0.2, 0.25) is 0 Å². The maximum Gasteiger partial charge on any atom is 0.291 e. The molecule has 8 nitrogen and oxygen atoms in total. The monoisotopic (exact) mass is 345 g/mol. The third-order valence-corrected chi connectivity index (χ3v) is 4.84. The Labute approximate surface area is 146 Å². The van der Waals surface area contributed by atoms with Crippen molar-refractivity contribution in [2.45, 2.75) is 31.9 Å². The zero-order valence-corrected chi connectivity index (χ0v) is 14.2. The van der Waals surface area contributed by atoms with Crippen molar-refractivity contribution in [1.82, 2.24) is 25.0 Å². The fourth-order valence-electron chi connectivity index (χ4n) is 3.41. The smallest absolute Gasteiger partial charge is 0.291 e. The number of hydrogen-bond donors (Lipinski definition) is 1. The molecule has 1 N–H and O–H groups in total. The van der Waals surface area contributed by atoms with Crippen LogP contribution in [0, 0.1) is 0 Å². The van der Waals surface area contributed by atoms with Gasteiger partial charge < -0.3 is 14.1 Å². The lowest BCUT2D eigenvalue weighted by Crippen LogP contribution is -2.48. The molecule has 2 fully saturated rings. The predicted molar refractivity (Wildman–Crippen MR) is 88.8 cm³/mol. The van der Waals surface area contributed by atoms with Gasteiger partial charge in [-0.05, 0) is 31.4 Å². The molecule has 2 aliphatic heterocycles. The molecule has 0 radical (unpaired) electrons. The molecule has 4 heterocycles. The molecule has 0 spiro atoms. The molecule has 0 aliphatic carbocycles. The molecule has 2 saturated heterocycles. The van der Waals surface area contributed by atoms with Crippen LogP contribution in [-0.4, -0.2) is 63.7 Å². The number of ether oxygens (including phenoxy) is 1. The summed E-state index contributed by atoms with van der Waals surface area (Å²) in [5, 5.41) is 6.36. The summed E-state index contributed by atoms with van der Waals surface area (Å²) in [6.07, 6.45) is 4.84. The third kappa shape index (κ3) is 3.74. The second-order valence-electron chi connectivity index (χ2n) is 6.56. The second-order valence-corrected chi connectivity index (χ2v) is 6.56. The van der Waals surface area contributed by atoms with Crippen molar-refractivity contribution in [3.8, 4) is 0 Å². The van der Waals surface area contributed by atoms with Gasteiger partial charge in [-0.15, -0.1) is 0 Å². The van der Waals surface area contributed by atoms with E-state index in [4.69, 9.17) is 9.15 Å². The van der Waals surface area contributed by atoms with Gasteiger partial charge in [-0.3, -0.25) is 14.8 Å². The first-order valence-electron chi connectivity index (χ1n) is 8.87. The van der Waals surface area contributed by atoms with Crippen LogP contribution in [0.15, 0.2) is 22.9 Å². The Kier molecular flexibility index (Phi) is 4.80. The van der Waals surface area contributed by atoms with Gasteiger partial charge in [0.2, 0.25) is 5.82 Å². The van der Waals surface area contributed by atoms with E-state index in [9.17, 15) is 4.79 Å². The average molecular weight is 345 g/mol. The van der Waals surface area contributed by atoms with E-state index < -0.39 is 0 Å². The summed E-state index contributed by atoms with van der Waals surface area (Å²) in [5.74, 6) is 2.11. The van der Waals surface area contributed by atoms with Crippen molar-refractivity contribution in [3.63, 3.8) is 0 Å². The van der Waals surface area contributed by atoms with E-state index in [1.165, 1.54) is 12.7 Å². The molecule has 1 unspecified atom stereocenters. The number of carbonyl (C=O) groups is 1. The molecule has 25 heavy (non-hydrogen) atoms. The number of carbonyl (C=O) groups excluding carboxylic acids is 1. The molecule has 134 valence electrons. The Balaban J connectivity index is 1.28. The summed E-state index contributed by atoms with van der Waals surface area (Å²) >= 11 is 0. The second kappa shape index (κ2) is 7.37. The number of piperazine rings is 1. The normalized spacial score (nSPS) is 22.2. The van der Waals surface area contributed by atoms with Crippen LogP contribution >= 0.6 is 0 Å². The Hall–Kier alpha value is -2.19. The lowest BCUT2D eigenvalue weighted by molar-refractivity contribution is 0.000646. The SMILES string of the molecule is O=C(c1ncn[nH]1)N1CCN(Cc2ccc(C3CCCCO3)o2)CC1. The fraction of sp³-hybridized carbons (Fsp3) is 0.588. The topological polar surface area (TPSA) is 87.5 Å². The van der Waals surface area contributed by atoms with E-state index >= 15 is 0 Å². The van der Waals surface area contributed by atoms with E-state index in [0.29, 0.717) is 18.9 Å². The summed E-state index contributed by atoms with van der Waals surface area (Å²) in [4.78, 5) is 20.3. The van der Waals surface area contributed by atoms with Crippen LogP contribution in [0.25, 0.3) is 0 Å². The average Bonchev–Trinajstić information content (AvgIpc) is 3.35. The van der Waals surface area contributed by atoms with Gasteiger partial charge in [0.25, 0.3) is 5.91 Å². The Morgan fingerprint density at radius 2 is 2.12 bits per heavy atom. The highest BCUT2D eigenvalue weighted by Crippen LogP contribution is 2.29. The van der Waals surface area contributed by atoms with Crippen molar-refractivity contribution in [2.75, 3.05) is 32.8 Å². The van der Waals surface area contributed by atoms with Crippen molar-refractivity contribution < 1.29 is 13.9 Å². The first-order chi connectivity index (χ1) is 12.3. The number of hydrogen-bond acceptors (Lipinski definition) is 6. The minimum Gasteiger partial charge on any atom is -0.462 e. The number of rotatable bonds is 4. The van der Waals surface area contributed by atoms with E-state index in [2.05, 4.69) is 20.1 Å². The number of nitrogens with zero attached hydrogens (tertiary/aromatic N) is 4. The molecule has 1 amide bonds. The molecule has 1 atom stereocenters. The Bertz CT molecular complexity index is 685. The fourth-order valence-corrected chi connectivity index (χ4v) is 3.41. The molecule has 2 aliphatic rings. The van der Waals surface area contributed by atoms with E-state index in [0.717, 1.165) is 50.6 Å². The van der Waals surface area contributed by atoms with E-state index in [1.807, 2.05) is 12.1 Å². The highest BCUT2D eigenvalue weighted by atomic mass is 16.5. The number of H-pyrrole nitrogens is 1. The largest absolute Gasteiger partial charge is 0.462 e. The number of furan rings is 1. The zero-order valence-electron chi connectivity index (χ0n) is 14.2. The highest BCUT2D eigenvalue weighted by molar-refractivity contribution is 5.90. The minimum absolute atomic E-state index is 0.0908. The first kappa shape index (κ1) is 16.3. The molecule has 2 aromatic rings. The Morgan fingerprint density at radius 1 is 1.24 bits per heavy atom. The van der Waals surface area contributed by atoms with Gasteiger partial charge in [-0.1, -0.05) is 0 Å². The maximum atomic E-state index is 12.2. The summed E-state index contributed by atoms with van der Waals surface area (Å²) in [6, 6.07) is 4.08. The lowest BCUT2D eigenvalue weighted by atomic mass is 10.1. The van der Waals surface area contributed by atoms with E-state index in [-0.39, 0.29) is 12.0 Å². The number of aromatic nitrogens is 3. The zero-order chi connectivity index (χ0) is 17.1. The molecule has 0 bridgehead atoms. The van der Waals surface area contributed by atoms with Crippen LogP contribution in [-0.2, 0) is 11.3 Å². The maximum absolute atomic E-state index is 12.2. The molecular formula is C17H23N5O3. The number of aromatic amines is 1. The quantitative estimate of drug-likeness (QED) is 0.905. The summed E-state index contributed by atoms with van der Waals surface area (Å²) < 4.78 is 11.8. The van der Waals surface area contributed by atoms with Gasteiger partial charge >= 0.3 is 0 Å². The molecule has 0 saturated carbocycles. The van der Waals surface area contributed by atoms with Crippen molar-refractivity contribution in [3.05, 3.63) is 35.8 Å². The Morgan fingerprint density at radius 3 is 2.84 bits per heavy atom. The molecular weight excluding hydrogens is 322 g/mol. The van der Waals surface area contributed by atoms with E-state index in [1.54, 1.807) is 4.90 Å². The van der Waals surface area contributed by atoms with Gasteiger partial charge in [0.1, 0.15) is 24.0 Å². The van der Waals surface area contributed by atoms with Crippen LogP contribution in [0.4, 0.5) is 0 Å². The first-order valence-corrected chi connectivity index (χ1v) is 8.87. The lowest BCUT2D eigenvalue weighted by Gasteiger charge is -2.33. The van der Waals surface area contributed by atoms with Crippen LogP contribution in [0.5, 0.6) is 0 Å². The van der Waals surface area contributed by atoms with Crippen molar-refractivity contribution in [1.29, 1.82) is 0 Å². The van der Waals surface area contributed by atoms with Gasteiger partial charge in [0, 0.05) is 32.8 Å². The molecule has 0 aromatic carbocycles. The molecule has 4 rings (SSSR count). The van der Waals surface area contributed by atoms with Crippen LogP contribution < -0.4 is 0 Å². The summed E-state index contributed by atoms with van der Waals surface area (Å²) in [5.41, 5.74) is 0. The highest BCUT2D eigenvalue weighted by Gasteiger charge is 2.25. The number of amides is 1. The standard InChI is InChI=1S/C17H23N5O3/c23-17(16-18-12-19-20-16)22-8-6-21(7-9-22)11-13-4-5-15(25-13)14-3-1-2-10-24-14/h4-5,12,14H,1-3,6-11H2,(H,18,19,20). The summed E-state index contributed by atoms with van der Waals surface area (Å²) in [6.45, 7) is 4.57.